The van der Waals surface area contributed by atoms with Crippen molar-refractivity contribution in [2.75, 3.05) is 25.5 Å². The van der Waals surface area contributed by atoms with Crippen LogP contribution in [0.5, 0.6) is 23.1 Å². The summed E-state index contributed by atoms with van der Waals surface area (Å²) < 4.78 is 44.1. The molecule has 0 spiro atoms. The van der Waals surface area contributed by atoms with Gasteiger partial charge in [0.15, 0.2) is 0 Å². The predicted octanol–water partition coefficient (Wildman–Crippen LogP) is 3.61. The minimum atomic E-state index is -3.93. The van der Waals surface area contributed by atoms with Gasteiger partial charge in [-0.3, -0.25) is 9.52 Å². The predicted molar refractivity (Wildman–Crippen MR) is 124 cm³/mol. The number of anilines is 1. The second-order valence-corrected chi connectivity index (χ2v) is 8.28. The number of sulfonamides is 1. The first kappa shape index (κ1) is 23.6. The minimum absolute atomic E-state index is 0.0499. The van der Waals surface area contributed by atoms with Gasteiger partial charge in [0.2, 0.25) is 5.88 Å². The van der Waals surface area contributed by atoms with Crippen molar-refractivity contribution in [1.82, 2.24) is 10.3 Å². The van der Waals surface area contributed by atoms with Crippen LogP contribution < -0.4 is 24.2 Å². The molecular weight excluding hydrogens is 446 g/mol. The largest absolute Gasteiger partial charge is 0.497 e. The first-order valence-corrected chi connectivity index (χ1v) is 11.2. The number of hydrogen-bond acceptors (Lipinski definition) is 7. The van der Waals surface area contributed by atoms with E-state index >= 15 is 0 Å². The van der Waals surface area contributed by atoms with Crippen LogP contribution in [0, 0.1) is 0 Å². The molecule has 0 aliphatic heterocycles. The highest BCUT2D eigenvalue weighted by Gasteiger charge is 2.21. The Morgan fingerprint density at radius 2 is 1.76 bits per heavy atom. The molecule has 0 fully saturated rings. The number of rotatable bonds is 10. The monoisotopic (exact) mass is 469 g/mol. The molecule has 3 aromatic rings. The molecule has 1 amide bonds. The molecule has 33 heavy (non-hydrogen) atoms. The Bertz CT molecular complexity index is 1230. The zero-order valence-corrected chi connectivity index (χ0v) is 18.9. The summed E-state index contributed by atoms with van der Waals surface area (Å²) in [6, 6.07) is 13.9. The number of nitrogens with zero attached hydrogens (tertiary/aromatic N) is 1. The summed E-state index contributed by atoms with van der Waals surface area (Å²) in [5.74, 6) is 1.03. The topological polar surface area (TPSA) is 116 Å². The molecule has 0 aliphatic carbocycles. The fraction of sp³-hybridized carbons (Fsp3) is 0.130. The summed E-state index contributed by atoms with van der Waals surface area (Å²) >= 11 is 0. The van der Waals surface area contributed by atoms with Crippen LogP contribution in [0.2, 0.25) is 0 Å². The molecule has 9 nitrogen and oxygen atoms in total. The van der Waals surface area contributed by atoms with Crippen LogP contribution in [-0.4, -0.2) is 40.1 Å². The van der Waals surface area contributed by atoms with E-state index in [0.717, 1.165) is 0 Å². The first-order valence-electron chi connectivity index (χ1n) is 9.74. The Kier molecular flexibility index (Phi) is 7.52. The quantitative estimate of drug-likeness (QED) is 0.436. The van der Waals surface area contributed by atoms with Gasteiger partial charge >= 0.3 is 0 Å². The van der Waals surface area contributed by atoms with E-state index in [1.54, 1.807) is 48.5 Å². The lowest BCUT2D eigenvalue weighted by atomic mass is 10.2. The maximum Gasteiger partial charge on any atom is 0.265 e. The standard InChI is InChI=1S/C23H23N3O6S/c1-4-13-24-23(27)16-5-12-22(25-15-16)32-18-8-6-17(7-9-18)26-33(28,29)21-14-19(30-2)10-11-20(21)31-3/h4-12,14-15,26H,1,13H2,2-3H3,(H,24,27). The number of aromatic nitrogens is 1. The average Bonchev–Trinajstić information content (AvgIpc) is 2.83. The molecule has 1 aromatic heterocycles. The summed E-state index contributed by atoms with van der Waals surface area (Å²) in [7, 11) is -1.09. The number of nitrogens with one attached hydrogen (secondary N) is 2. The van der Waals surface area contributed by atoms with Crippen molar-refractivity contribution in [3.8, 4) is 23.1 Å². The number of carbonyl (C=O) groups is 1. The van der Waals surface area contributed by atoms with Crippen molar-refractivity contribution in [3.63, 3.8) is 0 Å². The van der Waals surface area contributed by atoms with Crippen LogP contribution in [0.15, 0.2) is 78.3 Å². The van der Waals surface area contributed by atoms with Crippen LogP contribution in [0.1, 0.15) is 10.4 Å². The van der Waals surface area contributed by atoms with Gasteiger partial charge in [0, 0.05) is 30.6 Å². The molecule has 2 N–H and O–H groups in total. The zero-order chi connectivity index (χ0) is 23.8. The first-order chi connectivity index (χ1) is 15.9. The van der Waals surface area contributed by atoms with Crippen molar-refractivity contribution < 1.29 is 27.4 Å². The van der Waals surface area contributed by atoms with Crippen LogP contribution in [0.4, 0.5) is 5.69 Å². The second-order valence-electron chi connectivity index (χ2n) is 6.63. The average molecular weight is 470 g/mol. The Morgan fingerprint density at radius 1 is 1.03 bits per heavy atom. The minimum Gasteiger partial charge on any atom is -0.497 e. The van der Waals surface area contributed by atoms with Gasteiger partial charge in [-0.05, 0) is 42.5 Å². The Hall–Kier alpha value is -4.05. The molecule has 0 atom stereocenters. The van der Waals surface area contributed by atoms with Crippen molar-refractivity contribution >= 4 is 21.6 Å². The molecule has 0 aliphatic rings. The molecule has 10 heteroatoms. The maximum absolute atomic E-state index is 12.9. The lowest BCUT2D eigenvalue weighted by molar-refractivity contribution is 0.0957. The molecule has 0 saturated carbocycles. The van der Waals surface area contributed by atoms with Crippen LogP contribution >= 0.6 is 0 Å². The summed E-state index contributed by atoms with van der Waals surface area (Å²) in [6.07, 6.45) is 2.98. The highest BCUT2D eigenvalue weighted by Crippen LogP contribution is 2.30. The molecule has 3 rings (SSSR count). The smallest absolute Gasteiger partial charge is 0.265 e. The molecule has 0 unspecified atom stereocenters. The zero-order valence-electron chi connectivity index (χ0n) is 18.1. The number of benzene rings is 2. The fourth-order valence-corrected chi connectivity index (χ4v) is 4.00. The van der Waals surface area contributed by atoms with Crippen LogP contribution in [-0.2, 0) is 10.0 Å². The van der Waals surface area contributed by atoms with E-state index in [4.69, 9.17) is 14.2 Å². The van der Waals surface area contributed by atoms with E-state index < -0.39 is 10.0 Å². The van der Waals surface area contributed by atoms with Crippen molar-refractivity contribution in [2.24, 2.45) is 0 Å². The highest BCUT2D eigenvalue weighted by atomic mass is 32.2. The third kappa shape index (κ3) is 6.01. The second kappa shape index (κ2) is 10.5. The number of pyridine rings is 1. The lowest BCUT2D eigenvalue weighted by Crippen LogP contribution is -2.23. The summed E-state index contributed by atoms with van der Waals surface area (Å²) in [5, 5.41) is 2.66. The summed E-state index contributed by atoms with van der Waals surface area (Å²) in [6.45, 7) is 3.90. The molecule has 0 bridgehead atoms. The third-order valence-electron chi connectivity index (χ3n) is 4.39. The van der Waals surface area contributed by atoms with Gasteiger partial charge in [-0.2, -0.15) is 0 Å². The highest BCUT2D eigenvalue weighted by molar-refractivity contribution is 7.92. The number of amides is 1. The van der Waals surface area contributed by atoms with Gasteiger partial charge < -0.3 is 19.5 Å². The van der Waals surface area contributed by atoms with E-state index in [1.165, 1.54) is 32.5 Å². The van der Waals surface area contributed by atoms with Gasteiger partial charge in [-0.15, -0.1) is 6.58 Å². The molecule has 0 saturated heterocycles. The van der Waals surface area contributed by atoms with Crippen molar-refractivity contribution in [2.45, 2.75) is 4.90 Å². The summed E-state index contributed by atoms with van der Waals surface area (Å²) in [5.41, 5.74) is 0.719. The molecule has 172 valence electrons. The Labute approximate surface area is 192 Å². The van der Waals surface area contributed by atoms with Gasteiger partial charge in [0.1, 0.15) is 22.1 Å². The maximum atomic E-state index is 12.9. The molecule has 1 heterocycles. The van der Waals surface area contributed by atoms with Gasteiger partial charge in [-0.25, -0.2) is 13.4 Å². The third-order valence-corrected chi connectivity index (χ3v) is 5.80. The summed E-state index contributed by atoms with van der Waals surface area (Å²) in [4.78, 5) is 16.0. The Morgan fingerprint density at radius 3 is 2.36 bits per heavy atom. The molecular formula is C23H23N3O6S. The van der Waals surface area contributed by atoms with Crippen molar-refractivity contribution in [1.29, 1.82) is 0 Å². The molecule has 2 aromatic carbocycles. The van der Waals surface area contributed by atoms with Gasteiger partial charge in [-0.1, -0.05) is 6.08 Å². The number of carbonyl (C=O) groups excluding carboxylic acids is 1. The van der Waals surface area contributed by atoms with Crippen LogP contribution in [0.25, 0.3) is 0 Å². The van der Waals surface area contributed by atoms with Crippen molar-refractivity contribution in [3.05, 3.63) is 79.0 Å². The van der Waals surface area contributed by atoms with Crippen LogP contribution in [0.3, 0.4) is 0 Å². The van der Waals surface area contributed by atoms with Gasteiger partial charge in [0.25, 0.3) is 15.9 Å². The van der Waals surface area contributed by atoms with E-state index in [9.17, 15) is 13.2 Å². The normalized spacial score (nSPS) is 10.7. The van der Waals surface area contributed by atoms with E-state index in [-0.39, 0.29) is 22.4 Å². The number of ether oxygens (including phenoxy) is 3. The van der Waals surface area contributed by atoms with E-state index in [2.05, 4.69) is 21.6 Å². The SMILES string of the molecule is C=CCNC(=O)c1ccc(Oc2ccc(NS(=O)(=O)c3cc(OC)ccc3OC)cc2)nc1. The fourth-order valence-electron chi connectivity index (χ4n) is 2.76. The number of hydrogen-bond donors (Lipinski definition) is 2. The van der Waals surface area contributed by atoms with E-state index in [1.807, 2.05) is 0 Å². The van der Waals surface area contributed by atoms with Gasteiger partial charge in [0.05, 0.1) is 19.8 Å². The Balaban J connectivity index is 1.69. The van der Waals surface area contributed by atoms with E-state index in [0.29, 0.717) is 29.3 Å². The number of methoxy groups -OCH3 is 2. The molecule has 0 radical (unpaired) electrons. The lowest BCUT2D eigenvalue weighted by Gasteiger charge is -2.13.